The number of imidazole rings is 1. The quantitative estimate of drug-likeness (QED) is 0.913. The number of nitrogens with two attached hydrogens (primary N) is 1. The Morgan fingerprint density at radius 2 is 1.96 bits per heavy atom. The molecule has 0 saturated carbocycles. The number of anilines is 2. The molecule has 3 rings (SSSR count). The highest BCUT2D eigenvalue weighted by atomic mass is 15.2. The van der Waals surface area contributed by atoms with Gasteiger partial charge in [-0.05, 0) is 45.4 Å². The molecule has 2 N–H and O–H groups in total. The van der Waals surface area contributed by atoms with E-state index in [1.807, 2.05) is 6.20 Å². The third-order valence-corrected chi connectivity index (χ3v) is 5.19. The Morgan fingerprint density at radius 3 is 2.58 bits per heavy atom. The van der Waals surface area contributed by atoms with E-state index in [1.54, 1.807) is 0 Å². The van der Waals surface area contributed by atoms with Crippen LogP contribution in [0.1, 0.15) is 43.3 Å². The van der Waals surface area contributed by atoms with E-state index < -0.39 is 0 Å². The molecule has 0 atom stereocenters. The molecular weight excluding hydrogens is 300 g/mol. The van der Waals surface area contributed by atoms with Crippen LogP contribution in [0.15, 0.2) is 12.4 Å². The number of piperidine rings is 1. The fourth-order valence-corrected chi connectivity index (χ4v) is 3.62. The summed E-state index contributed by atoms with van der Waals surface area (Å²) in [5.74, 6) is 3.30. The molecule has 0 amide bonds. The van der Waals surface area contributed by atoms with Crippen molar-refractivity contribution in [3.05, 3.63) is 29.5 Å². The molecule has 3 heterocycles. The summed E-state index contributed by atoms with van der Waals surface area (Å²) in [6, 6.07) is 0. The predicted octanol–water partition coefficient (Wildman–Crippen LogP) is 2.74. The van der Waals surface area contributed by atoms with Gasteiger partial charge in [-0.3, -0.25) is 0 Å². The average molecular weight is 328 g/mol. The monoisotopic (exact) mass is 328 g/mol. The van der Waals surface area contributed by atoms with Crippen molar-refractivity contribution >= 4 is 11.8 Å². The number of nitrogen functional groups attached to an aromatic ring is 1. The zero-order chi connectivity index (χ0) is 17.1. The van der Waals surface area contributed by atoms with E-state index in [1.165, 1.54) is 24.8 Å². The number of nitrogens with zero attached hydrogens (tertiary/aromatic N) is 5. The number of aryl methyl sites for hydroxylation is 3. The van der Waals surface area contributed by atoms with Crippen molar-refractivity contribution in [1.82, 2.24) is 19.5 Å². The third-order valence-electron chi connectivity index (χ3n) is 5.19. The first kappa shape index (κ1) is 16.7. The molecule has 2 aromatic rings. The van der Waals surface area contributed by atoms with Crippen LogP contribution in [-0.4, -0.2) is 32.6 Å². The summed E-state index contributed by atoms with van der Waals surface area (Å²) in [5.41, 5.74) is 8.14. The van der Waals surface area contributed by atoms with Gasteiger partial charge in [-0.1, -0.05) is 6.92 Å². The minimum Gasteiger partial charge on any atom is -0.368 e. The first-order valence-electron chi connectivity index (χ1n) is 8.94. The molecule has 0 radical (unpaired) electrons. The van der Waals surface area contributed by atoms with Crippen molar-refractivity contribution in [2.75, 3.05) is 23.7 Å². The fourth-order valence-electron chi connectivity index (χ4n) is 3.62. The third kappa shape index (κ3) is 3.52. The van der Waals surface area contributed by atoms with E-state index in [2.05, 4.69) is 51.4 Å². The van der Waals surface area contributed by atoms with Crippen LogP contribution in [0.4, 0.5) is 11.8 Å². The Hall–Kier alpha value is -2.11. The Labute approximate surface area is 144 Å². The summed E-state index contributed by atoms with van der Waals surface area (Å²) in [4.78, 5) is 15.5. The molecule has 0 aromatic carbocycles. The molecule has 24 heavy (non-hydrogen) atoms. The molecule has 0 spiro atoms. The zero-order valence-electron chi connectivity index (χ0n) is 15.0. The number of aromatic nitrogens is 4. The lowest BCUT2D eigenvalue weighted by atomic mass is 9.93. The second kappa shape index (κ2) is 7.20. The van der Waals surface area contributed by atoms with Gasteiger partial charge in [-0.2, -0.15) is 4.98 Å². The SMILES string of the molecule is CCc1nc(N)nc(N2CCC(CCn3ccnc3C)CC2)c1C. The second-order valence-corrected chi connectivity index (χ2v) is 6.72. The van der Waals surface area contributed by atoms with Crippen LogP contribution in [0.25, 0.3) is 0 Å². The molecule has 0 bridgehead atoms. The molecule has 6 nitrogen and oxygen atoms in total. The van der Waals surface area contributed by atoms with Crippen LogP contribution in [0.2, 0.25) is 0 Å². The van der Waals surface area contributed by atoms with Gasteiger partial charge in [0.15, 0.2) is 0 Å². The van der Waals surface area contributed by atoms with E-state index >= 15 is 0 Å². The van der Waals surface area contributed by atoms with Crippen molar-refractivity contribution in [2.45, 2.75) is 53.0 Å². The van der Waals surface area contributed by atoms with Crippen LogP contribution < -0.4 is 10.6 Å². The van der Waals surface area contributed by atoms with Crippen LogP contribution in [0.3, 0.4) is 0 Å². The molecule has 130 valence electrons. The van der Waals surface area contributed by atoms with Gasteiger partial charge in [0.2, 0.25) is 5.95 Å². The van der Waals surface area contributed by atoms with Crippen molar-refractivity contribution in [2.24, 2.45) is 5.92 Å². The molecule has 1 fully saturated rings. The Bertz CT molecular complexity index is 685. The summed E-state index contributed by atoms with van der Waals surface area (Å²) < 4.78 is 2.25. The van der Waals surface area contributed by atoms with Crippen LogP contribution in [-0.2, 0) is 13.0 Å². The summed E-state index contributed by atoms with van der Waals surface area (Å²) in [7, 11) is 0. The average Bonchev–Trinajstić information content (AvgIpc) is 3.00. The smallest absolute Gasteiger partial charge is 0.222 e. The molecule has 0 unspecified atom stereocenters. The molecule has 0 aliphatic carbocycles. The second-order valence-electron chi connectivity index (χ2n) is 6.72. The van der Waals surface area contributed by atoms with E-state index in [0.717, 1.165) is 49.3 Å². The summed E-state index contributed by atoms with van der Waals surface area (Å²) in [5, 5.41) is 0. The highest BCUT2D eigenvalue weighted by molar-refractivity contribution is 5.51. The van der Waals surface area contributed by atoms with Gasteiger partial charge in [0, 0.05) is 37.6 Å². The standard InChI is InChI=1S/C18H28N6/c1-4-16-13(2)17(22-18(19)21-16)24-10-6-15(7-11-24)5-9-23-12-8-20-14(23)3/h8,12,15H,4-7,9-11H2,1-3H3,(H2,19,21,22). The zero-order valence-corrected chi connectivity index (χ0v) is 15.0. The lowest BCUT2D eigenvalue weighted by molar-refractivity contribution is 0.359. The Morgan fingerprint density at radius 1 is 1.21 bits per heavy atom. The van der Waals surface area contributed by atoms with Gasteiger partial charge in [-0.25, -0.2) is 9.97 Å². The topological polar surface area (TPSA) is 72.9 Å². The largest absolute Gasteiger partial charge is 0.368 e. The molecule has 1 aliphatic rings. The summed E-state index contributed by atoms with van der Waals surface area (Å²) in [6.07, 6.45) is 8.48. The maximum Gasteiger partial charge on any atom is 0.222 e. The van der Waals surface area contributed by atoms with Gasteiger partial charge < -0.3 is 15.2 Å². The minimum absolute atomic E-state index is 0.394. The van der Waals surface area contributed by atoms with Gasteiger partial charge in [0.1, 0.15) is 11.6 Å². The molecule has 2 aromatic heterocycles. The number of hydrogen-bond acceptors (Lipinski definition) is 5. The van der Waals surface area contributed by atoms with E-state index in [9.17, 15) is 0 Å². The Balaban J connectivity index is 1.59. The number of rotatable bonds is 5. The van der Waals surface area contributed by atoms with E-state index in [-0.39, 0.29) is 0 Å². The molecular formula is C18H28N6. The van der Waals surface area contributed by atoms with Crippen molar-refractivity contribution in [3.63, 3.8) is 0 Å². The van der Waals surface area contributed by atoms with Gasteiger partial charge >= 0.3 is 0 Å². The minimum atomic E-state index is 0.394. The van der Waals surface area contributed by atoms with Crippen molar-refractivity contribution in [1.29, 1.82) is 0 Å². The van der Waals surface area contributed by atoms with Crippen LogP contribution in [0.5, 0.6) is 0 Å². The van der Waals surface area contributed by atoms with Crippen molar-refractivity contribution in [3.8, 4) is 0 Å². The number of hydrogen-bond donors (Lipinski definition) is 1. The van der Waals surface area contributed by atoms with Crippen LogP contribution in [0, 0.1) is 19.8 Å². The van der Waals surface area contributed by atoms with Crippen molar-refractivity contribution < 1.29 is 0 Å². The van der Waals surface area contributed by atoms with Crippen LogP contribution >= 0.6 is 0 Å². The maximum absolute atomic E-state index is 5.90. The highest BCUT2D eigenvalue weighted by Gasteiger charge is 2.22. The maximum atomic E-state index is 5.90. The first-order valence-corrected chi connectivity index (χ1v) is 8.94. The molecule has 6 heteroatoms. The summed E-state index contributed by atoms with van der Waals surface area (Å²) >= 11 is 0. The fraction of sp³-hybridized carbons (Fsp3) is 0.611. The highest BCUT2D eigenvalue weighted by Crippen LogP contribution is 2.28. The predicted molar refractivity (Wildman–Crippen MR) is 97.1 cm³/mol. The van der Waals surface area contributed by atoms with E-state index in [4.69, 9.17) is 5.73 Å². The summed E-state index contributed by atoms with van der Waals surface area (Å²) in [6.45, 7) is 9.46. The lowest BCUT2D eigenvalue weighted by Gasteiger charge is -2.34. The Kier molecular flexibility index (Phi) is 5.02. The first-order chi connectivity index (χ1) is 11.6. The van der Waals surface area contributed by atoms with E-state index in [0.29, 0.717) is 5.95 Å². The molecule has 1 aliphatic heterocycles. The molecule has 1 saturated heterocycles. The van der Waals surface area contributed by atoms with Gasteiger partial charge in [0.05, 0.1) is 5.69 Å². The lowest BCUT2D eigenvalue weighted by Crippen LogP contribution is -2.35. The van der Waals surface area contributed by atoms with Gasteiger partial charge in [0.25, 0.3) is 0 Å². The normalized spacial score (nSPS) is 15.9. The van der Waals surface area contributed by atoms with Gasteiger partial charge in [-0.15, -0.1) is 0 Å².